The number of nitrogens with zero attached hydrogens (tertiary/aromatic N) is 2. The van der Waals surface area contributed by atoms with Gasteiger partial charge in [-0.1, -0.05) is 17.7 Å². The first-order valence-corrected chi connectivity index (χ1v) is 9.98. The Morgan fingerprint density at radius 2 is 2.04 bits per heavy atom. The summed E-state index contributed by atoms with van der Waals surface area (Å²) in [6.45, 7) is 7.97. The van der Waals surface area contributed by atoms with E-state index >= 15 is 0 Å². The van der Waals surface area contributed by atoms with Crippen molar-refractivity contribution in [2.45, 2.75) is 32.8 Å². The number of hydrogen-bond acceptors (Lipinski definition) is 4. The molecule has 0 aromatic heterocycles. The van der Waals surface area contributed by atoms with Crippen molar-refractivity contribution in [2.75, 3.05) is 54.0 Å². The van der Waals surface area contributed by atoms with Crippen LogP contribution in [0.25, 0.3) is 0 Å². The number of nitrogens with one attached hydrogen (secondary N) is 2. The summed E-state index contributed by atoms with van der Waals surface area (Å²) in [7, 11) is 5.78. The van der Waals surface area contributed by atoms with Crippen LogP contribution in [-0.4, -0.2) is 71.0 Å². The van der Waals surface area contributed by atoms with Gasteiger partial charge in [-0.2, -0.15) is 0 Å². The molecule has 1 unspecified atom stereocenters. The van der Waals surface area contributed by atoms with Crippen LogP contribution in [0.1, 0.15) is 25.8 Å². The van der Waals surface area contributed by atoms with Crippen molar-refractivity contribution in [1.29, 1.82) is 0 Å². The summed E-state index contributed by atoms with van der Waals surface area (Å²) in [5.41, 5.74) is 1.08. The predicted molar refractivity (Wildman–Crippen MR) is 114 cm³/mol. The lowest BCUT2D eigenvalue weighted by atomic mass is 10.1. The van der Waals surface area contributed by atoms with Gasteiger partial charge in [0.05, 0.1) is 19.8 Å². The lowest BCUT2D eigenvalue weighted by molar-refractivity contribution is 0.0582. The number of rotatable bonds is 12. The van der Waals surface area contributed by atoms with E-state index in [0.29, 0.717) is 13.2 Å². The van der Waals surface area contributed by atoms with Crippen LogP contribution < -0.4 is 15.4 Å². The Kier molecular flexibility index (Phi) is 11.9. The number of guanidine groups is 1. The standard InChI is InChI=1S/C20H35ClN4O2/c1-6-22-20(24-15-18(27-7-2)11-13-25(3)4)23-12-10-16-8-9-17(26-5)14-19(16)21/h8-9,14,18H,6-7,10-13,15H2,1-5H3,(H2,22,23,24). The van der Waals surface area contributed by atoms with Gasteiger partial charge in [-0.05, 0) is 58.5 Å². The zero-order chi connectivity index (χ0) is 20.1. The van der Waals surface area contributed by atoms with Gasteiger partial charge in [0.2, 0.25) is 0 Å². The van der Waals surface area contributed by atoms with Crippen LogP contribution in [0.4, 0.5) is 0 Å². The van der Waals surface area contributed by atoms with Gasteiger partial charge in [0.1, 0.15) is 5.75 Å². The van der Waals surface area contributed by atoms with Crippen LogP contribution in [0, 0.1) is 0 Å². The minimum absolute atomic E-state index is 0.129. The number of halogens is 1. The molecule has 1 aromatic carbocycles. The van der Waals surface area contributed by atoms with Gasteiger partial charge in [0.15, 0.2) is 5.96 Å². The number of ether oxygens (including phenoxy) is 2. The second-order valence-corrected chi connectivity index (χ2v) is 6.93. The maximum absolute atomic E-state index is 6.31. The molecule has 0 saturated carbocycles. The third-order valence-electron chi connectivity index (χ3n) is 4.04. The summed E-state index contributed by atoms with van der Waals surface area (Å²) in [5.74, 6) is 1.57. The van der Waals surface area contributed by atoms with Crippen molar-refractivity contribution in [3.05, 3.63) is 28.8 Å². The highest BCUT2D eigenvalue weighted by Crippen LogP contribution is 2.22. The molecular weight excluding hydrogens is 364 g/mol. The molecule has 0 bridgehead atoms. The molecule has 0 amide bonds. The van der Waals surface area contributed by atoms with E-state index in [0.717, 1.165) is 54.8 Å². The second-order valence-electron chi connectivity index (χ2n) is 6.52. The average Bonchev–Trinajstić information content (AvgIpc) is 2.64. The lowest BCUT2D eigenvalue weighted by Crippen LogP contribution is -2.39. The van der Waals surface area contributed by atoms with Gasteiger partial charge in [0.25, 0.3) is 0 Å². The molecule has 0 aliphatic carbocycles. The van der Waals surface area contributed by atoms with E-state index in [2.05, 4.69) is 41.5 Å². The number of hydrogen-bond donors (Lipinski definition) is 2. The summed E-state index contributed by atoms with van der Waals surface area (Å²) in [4.78, 5) is 6.85. The molecule has 7 heteroatoms. The summed E-state index contributed by atoms with van der Waals surface area (Å²) in [6.07, 6.45) is 1.90. The number of aliphatic imine (C=N–C) groups is 1. The molecule has 6 nitrogen and oxygen atoms in total. The Labute approximate surface area is 169 Å². The molecule has 1 rings (SSSR count). The molecule has 0 heterocycles. The summed E-state index contributed by atoms with van der Waals surface area (Å²) in [5, 5.41) is 7.37. The zero-order valence-corrected chi connectivity index (χ0v) is 18.1. The normalized spacial score (nSPS) is 12.9. The zero-order valence-electron chi connectivity index (χ0n) is 17.3. The van der Waals surface area contributed by atoms with Gasteiger partial charge in [-0.3, -0.25) is 4.99 Å². The minimum atomic E-state index is 0.129. The van der Waals surface area contributed by atoms with Crippen LogP contribution in [0.3, 0.4) is 0 Å². The van der Waals surface area contributed by atoms with Crippen LogP contribution in [0.15, 0.2) is 23.2 Å². The largest absolute Gasteiger partial charge is 0.497 e. The summed E-state index contributed by atoms with van der Waals surface area (Å²) < 4.78 is 11.0. The van der Waals surface area contributed by atoms with E-state index in [9.17, 15) is 0 Å². The Hall–Kier alpha value is -1.50. The molecule has 154 valence electrons. The monoisotopic (exact) mass is 398 g/mol. The molecule has 1 aromatic rings. The molecule has 27 heavy (non-hydrogen) atoms. The van der Waals surface area contributed by atoms with Gasteiger partial charge in [-0.25, -0.2) is 0 Å². The molecule has 2 N–H and O–H groups in total. The Bertz CT molecular complexity index is 567. The van der Waals surface area contributed by atoms with E-state index in [4.69, 9.17) is 21.1 Å². The fourth-order valence-electron chi connectivity index (χ4n) is 2.57. The highest BCUT2D eigenvalue weighted by Gasteiger charge is 2.09. The molecule has 0 saturated heterocycles. The topological polar surface area (TPSA) is 58.1 Å². The van der Waals surface area contributed by atoms with E-state index in [-0.39, 0.29) is 6.10 Å². The number of benzene rings is 1. The van der Waals surface area contributed by atoms with E-state index < -0.39 is 0 Å². The highest BCUT2D eigenvalue weighted by atomic mass is 35.5. The van der Waals surface area contributed by atoms with Crippen LogP contribution in [0.2, 0.25) is 5.02 Å². The third kappa shape index (κ3) is 9.84. The quantitative estimate of drug-likeness (QED) is 0.419. The third-order valence-corrected chi connectivity index (χ3v) is 4.40. The van der Waals surface area contributed by atoms with E-state index in [1.54, 1.807) is 7.11 Å². The molecule has 1 atom stereocenters. The Balaban J connectivity index is 2.57. The maximum Gasteiger partial charge on any atom is 0.191 e. The van der Waals surface area contributed by atoms with Gasteiger partial charge >= 0.3 is 0 Å². The first kappa shape index (κ1) is 23.5. The Morgan fingerprint density at radius 3 is 2.63 bits per heavy atom. The average molecular weight is 399 g/mol. The van der Waals surface area contributed by atoms with Crippen molar-refractivity contribution >= 4 is 17.6 Å². The SMILES string of the molecule is CCNC(=NCC(CCN(C)C)OCC)NCCc1ccc(OC)cc1Cl. The molecule has 0 fully saturated rings. The van der Waals surface area contributed by atoms with Gasteiger partial charge in [0, 0.05) is 31.3 Å². The fraction of sp³-hybridized carbons (Fsp3) is 0.650. The van der Waals surface area contributed by atoms with Crippen LogP contribution in [-0.2, 0) is 11.2 Å². The summed E-state index contributed by atoms with van der Waals surface area (Å²) in [6, 6.07) is 5.77. The van der Waals surface area contributed by atoms with Crippen LogP contribution >= 0.6 is 11.6 Å². The van der Waals surface area contributed by atoms with Gasteiger partial charge in [-0.15, -0.1) is 0 Å². The fourth-order valence-corrected chi connectivity index (χ4v) is 2.84. The predicted octanol–water partition coefficient (Wildman–Crippen LogP) is 2.80. The van der Waals surface area contributed by atoms with Crippen molar-refractivity contribution < 1.29 is 9.47 Å². The summed E-state index contributed by atoms with van der Waals surface area (Å²) >= 11 is 6.31. The van der Waals surface area contributed by atoms with E-state index in [1.165, 1.54) is 0 Å². The van der Waals surface area contributed by atoms with Crippen molar-refractivity contribution in [3.63, 3.8) is 0 Å². The van der Waals surface area contributed by atoms with Gasteiger partial charge < -0.3 is 25.0 Å². The minimum Gasteiger partial charge on any atom is -0.497 e. The first-order chi connectivity index (χ1) is 13.0. The van der Waals surface area contributed by atoms with Crippen molar-refractivity contribution in [2.24, 2.45) is 4.99 Å². The highest BCUT2D eigenvalue weighted by molar-refractivity contribution is 6.31. The van der Waals surface area contributed by atoms with Crippen molar-refractivity contribution in [1.82, 2.24) is 15.5 Å². The smallest absolute Gasteiger partial charge is 0.191 e. The maximum atomic E-state index is 6.31. The molecule has 0 radical (unpaired) electrons. The van der Waals surface area contributed by atoms with Crippen molar-refractivity contribution in [3.8, 4) is 5.75 Å². The van der Waals surface area contributed by atoms with E-state index in [1.807, 2.05) is 25.1 Å². The number of methoxy groups -OCH3 is 1. The molecule has 0 aliphatic heterocycles. The first-order valence-electron chi connectivity index (χ1n) is 9.61. The Morgan fingerprint density at radius 1 is 1.26 bits per heavy atom. The van der Waals surface area contributed by atoms with Crippen LogP contribution in [0.5, 0.6) is 5.75 Å². The second kappa shape index (κ2) is 13.6. The lowest BCUT2D eigenvalue weighted by Gasteiger charge is -2.19. The molecule has 0 spiro atoms. The molecule has 0 aliphatic rings. The molecular formula is C20H35ClN4O2.